The molecule has 0 bridgehead atoms. The third-order valence-corrected chi connectivity index (χ3v) is 3.23. The van der Waals surface area contributed by atoms with Crippen molar-refractivity contribution in [3.8, 4) is 5.75 Å². The molecule has 2 nitrogen and oxygen atoms in total. The van der Waals surface area contributed by atoms with Crippen LogP contribution in [0.3, 0.4) is 0 Å². The molecule has 0 aliphatic heterocycles. The van der Waals surface area contributed by atoms with Crippen molar-refractivity contribution in [2.24, 2.45) is 0 Å². The highest BCUT2D eigenvalue weighted by Crippen LogP contribution is 2.33. The van der Waals surface area contributed by atoms with Crippen molar-refractivity contribution in [2.45, 2.75) is 18.6 Å². The van der Waals surface area contributed by atoms with Crippen LogP contribution in [0.15, 0.2) is 48.5 Å². The van der Waals surface area contributed by atoms with Crippen LogP contribution in [0.2, 0.25) is 0 Å². The molecule has 2 atom stereocenters. The smallest absolute Gasteiger partial charge is 0.133 e. The van der Waals surface area contributed by atoms with E-state index in [9.17, 15) is 9.50 Å². The van der Waals surface area contributed by atoms with E-state index in [-0.39, 0.29) is 11.9 Å². The molecule has 1 aliphatic rings. The zero-order valence-corrected chi connectivity index (χ0v) is 9.71. The normalized spacial score (nSPS) is 21.7. The van der Waals surface area contributed by atoms with E-state index in [0.717, 1.165) is 11.1 Å². The fraction of sp³-hybridized carbons (Fsp3) is 0.200. The summed E-state index contributed by atoms with van der Waals surface area (Å²) >= 11 is 0. The Kier molecular flexibility index (Phi) is 2.76. The van der Waals surface area contributed by atoms with Crippen LogP contribution in [0.25, 0.3) is 0 Å². The lowest BCUT2D eigenvalue weighted by atomic mass is 10.1. The minimum atomic E-state index is -0.649. The van der Waals surface area contributed by atoms with Crippen LogP contribution in [-0.2, 0) is 6.42 Å². The maximum absolute atomic E-state index is 13.1. The van der Waals surface area contributed by atoms with Gasteiger partial charge in [-0.1, -0.05) is 30.3 Å². The van der Waals surface area contributed by atoms with Gasteiger partial charge in [0.05, 0.1) is 0 Å². The number of benzene rings is 2. The first-order chi connectivity index (χ1) is 8.74. The molecule has 2 unspecified atom stereocenters. The monoisotopic (exact) mass is 244 g/mol. The van der Waals surface area contributed by atoms with Crippen molar-refractivity contribution in [1.82, 2.24) is 0 Å². The first-order valence-corrected chi connectivity index (χ1v) is 5.92. The van der Waals surface area contributed by atoms with Crippen molar-refractivity contribution in [1.29, 1.82) is 0 Å². The molecule has 1 N–H and O–H groups in total. The molecule has 0 radical (unpaired) electrons. The van der Waals surface area contributed by atoms with Gasteiger partial charge in [-0.15, -0.1) is 0 Å². The van der Waals surface area contributed by atoms with Crippen LogP contribution >= 0.6 is 0 Å². The number of halogens is 1. The molecule has 3 heteroatoms. The van der Waals surface area contributed by atoms with E-state index in [0.29, 0.717) is 12.2 Å². The summed E-state index contributed by atoms with van der Waals surface area (Å²) in [5, 5.41) is 10.2. The Bertz CT molecular complexity index is 568. The minimum absolute atomic E-state index is 0.336. The molecule has 18 heavy (non-hydrogen) atoms. The summed E-state index contributed by atoms with van der Waals surface area (Å²) in [5.41, 5.74) is 1.99. The summed E-state index contributed by atoms with van der Waals surface area (Å²) in [6.07, 6.45) is -0.345. The third kappa shape index (κ3) is 1.97. The Morgan fingerprint density at radius 2 is 1.94 bits per heavy atom. The van der Waals surface area contributed by atoms with Gasteiger partial charge < -0.3 is 9.84 Å². The summed E-state index contributed by atoms with van der Waals surface area (Å²) in [4.78, 5) is 0. The predicted molar refractivity (Wildman–Crippen MR) is 65.9 cm³/mol. The van der Waals surface area contributed by atoms with Gasteiger partial charge in [0.15, 0.2) is 0 Å². The zero-order valence-electron chi connectivity index (χ0n) is 9.71. The Labute approximate surface area is 105 Å². The second kappa shape index (κ2) is 4.42. The first kappa shape index (κ1) is 11.2. The maximum Gasteiger partial charge on any atom is 0.133 e. The van der Waals surface area contributed by atoms with Gasteiger partial charge >= 0.3 is 0 Å². The van der Waals surface area contributed by atoms with E-state index in [4.69, 9.17) is 4.74 Å². The molecule has 0 spiro atoms. The Morgan fingerprint density at radius 1 is 1.11 bits per heavy atom. The van der Waals surface area contributed by atoms with Gasteiger partial charge in [0.2, 0.25) is 0 Å². The summed E-state index contributed by atoms with van der Waals surface area (Å²) in [5.74, 6) is 0.115. The van der Waals surface area contributed by atoms with Gasteiger partial charge in [-0.2, -0.15) is 0 Å². The molecule has 0 heterocycles. The highest BCUT2D eigenvalue weighted by atomic mass is 19.1. The number of aliphatic hydroxyl groups excluding tert-OH is 1. The maximum atomic E-state index is 13.1. The minimum Gasteiger partial charge on any atom is -0.487 e. The molecule has 0 amide bonds. The number of fused-ring (bicyclic) bond motifs is 1. The van der Waals surface area contributed by atoms with Crippen molar-refractivity contribution in [3.63, 3.8) is 0 Å². The molecule has 2 aromatic rings. The molecule has 1 aliphatic carbocycles. The van der Waals surface area contributed by atoms with Crippen molar-refractivity contribution in [2.75, 3.05) is 0 Å². The number of hydrogen-bond acceptors (Lipinski definition) is 2. The Balaban J connectivity index is 1.81. The predicted octanol–water partition coefficient (Wildman–Crippen LogP) is 2.86. The second-order valence-electron chi connectivity index (χ2n) is 4.46. The SMILES string of the molecule is OC1c2ccccc2CC1Oc1cccc(F)c1. The largest absolute Gasteiger partial charge is 0.487 e. The molecule has 2 aromatic carbocycles. The molecule has 0 saturated carbocycles. The summed E-state index contributed by atoms with van der Waals surface area (Å²) in [6.45, 7) is 0. The average Bonchev–Trinajstić information content (AvgIpc) is 2.67. The lowest BCUT2D eigenvalue weighted by Gasteiger charge is -2.17. The molecular formula is C15H13FO2. The van der Waals surface area contributed by atoms with Crippen LogP contribution in [0.1, 0.15) is 17.2 Å². The van der Waals surface area contributed by atoms with Crippen LogP contribution in [0, 0.1) is 5.82 Å². The third-order valence-electron chi connectivity index (χ3n) is 3.23. The molecule has 92 valence electrons. The van der Waals surface area contributed by atoms with Crippen LogP contribution in [-0.4, -0.2) is 11.2 Å². The second-order valence-corrected chi connectivity index (χ2v) is 4.46. The van der Waals surface area contributed by atoms with Crippen LogP contribution < -0.4 is 4.74 Å². The van der Waals surface area contributed by atoms with Crippen molar-refractivity contribution in [3.05, 3.63) is 65.5 Å². The van der Waals surface area contributed by atoms with Gasteiger partial charge in [-0.3, -0.25) is 0 Å². The summed E-state index contributed by atoms with van der Waals surface area (Å²) < 4.78 is 18.7. The molecule has 3 rings (SSSR count). The Morgan fingerprint density at radius 3 is 2.72 bits per heavy atom. The number of hydrogen-bond donors (Lipinski definition) is 1. The zero-order chi connectivity index (χ0) is 12.5. The molecule has 0 aromatic heterocycles. The highest BCUT2D eigenvalue weighted by Gasteiger charge is 2.32. The van der Waals surface area contributed by atoms with E-state index >= 15 is 0 Å². The molecular weight excluding hydrogens is 231 g/mol. The molecule has 0 fully saturated rings. The summed E-state index contributed by atoms with van der Waals surface area (Å²) in [7, 11) is 0. The van der Waals surface area contributed by atoms with E-state index < -0.39 is 6.10 Å². The molecule has 0 saturated heterocycles. The van der Waals surface area contributed by atoms with E-state index in [1.165, 1.54) is 12.1 Å². The van der Waals surface area contributed by atoms with E-state index in [1.807, 2.05) is 24.3 Å². The van der Waals surface area contributed by atoms with Gasteiger partial charge in [0.25, 0.3) is 0 Å². The van der Waals surface area contributed by atoms with Gasteiger partial charge in [0, 0.05) is 12.5 Å². The number of ether oxygens (including phenoxy) is 1. The van der Waals surface area contributed by atoms with Crippen LogP contribution in [0.4, 0.5) is 4.39 Å². The number of aliphatic hydroxyl groups is 1. The quantitative estimate of drug-likeness (QED) is 0.880. The van der Waals surface area contributed by atoms with Gasteiger partial charge in [-0.25, -0.2) is 4.39 Å². The standard InChI is InChI=1S/C15H13FO2/c16-11-5-3-6-12(9-11)18-14-8-10-4-1-2-7-13(10)15(14)17/h1-7,9,14-15,17H,8H2. The lowest BCUT2D eigenvalue weighted by Crippen LogP contribution is -2.21. The summed E-state index contributed by atoms with van der Waals surface area (Å²) in [6, 6.07) is 13.7. The van der Waals surface area contributed by atoms with E-state index in [2.05, 4.69) is 0 Å². The highest BCUT2D eigenvalue weighted by molar-refractivity contribution is 5.36. The van der Waals surface area contributed by atoms with Crippen LogP contribution in [0.5, 0.6) is 5.75 Å². The fourth-order valence-electron chi connectivity index (χ4n) is 2.36. The van der Waals surface area contributed by atoms with Crippen molar-refractivity contribution >= 4 is 0 Å². The average molecular weight is 244 g/mol. The van der Waals surface area contributed by atoms with Gasteiger partial charge in [-0.05, 0) is 23.3 Å². The van der Waals surface area contributed by atoms with E-state index in [1.54, 1.807) is 12.1 Å². The van der Waals surface area contributed by atoms with Gasteiger partial charge in [0.1, 0.15) is 23.8 Å². The fourth-order valence-corrected chi connectivity index (χ4v) is 2.36. The topological polar surface area (TPSA) is 29.5 Å². The lowest BCUT2D eigenvalue weighted by molar-refractivity contribution is 0.0492. The number of rotatable bonds is 2. The first-order valence-electron chi connectivity index (χ1n) is 5.92. The van der Waals surface area contributed by atoms with Crippen molar-refractivity contribution < 1.29 is 14.2 Å². The Hall–Kier alpha value is -1.87.